The molecule has 16 heavy (non-hydrogen) atoms. The first-order valence-corrected chi connectivity index (χ1v) is 5.52. The first-order valence-electron chi connectivity index (χ1n) is 4.33. The van der Waals surface area contributed by atoms with Crippen LogP contribution in [0.15, 0.2) is 18.2 Å². The van der Waals surface area contributed by atoms with Crippen molar-refractivity contribution < 1.29 is 4.92 Å². The van der Waals surface area contributed by atoms with Gasteiger partial charge >= 0.3 is 0 Å². The summed E-state index contributed by atoms with van der Waals surface area (Å²) in [6.45, 7) is 1.68. The number of rotatable bonds is 2. The van der Waals surface area contributed by atoms with Crippen LogP contribution in [0.2, 0.25) is 4.47 Å². The number of nitro benzene ring substituents is 1. The maximum atomic E-state index is 11.0. The van der Waals surface area contributed by atoms with E-state index >= 15 is 0 Å². The van der Waals surface area contributed by atoms with Crippen LogP contribution in [0.25, 0.3) is 10.6 Å². The van der Waals surface area contributed by atoms with E-state index in [0.717, 1.165) is 11.3 Å². The van der Waals surface area contributed by atoms with Crippen LogP contribution >= 0.6 is 22.9 Å². The second-order valence-corrected chi connectivity index (χ2v) is 4.65. The van der Waals surface area contributed by atoms with Crippen molar-refractivity contribution in [2.75, 3.05) is 0 Å². The van der Waals surface area contributed by atoms with Gasteiger partial charge in [0.05, 0.1) is 10.5 Å². The smallest absolute Gasteiger partial charge is 0.258 e. The summed E-state index contributed by atoms with van der Waals surface area (Å²) in [6, 6.07) is 5.07. The normalized spacial score (nSPS) is 10.4. The minimum atomic E-state index is -0.417. The minimum absolute atomic E-state index is 0.0512. The summed E-state index contributed by atoms with van der Waals surface area (Å²) in [5.41, 5.74) is 1.10. The Balaban J connectivity index is 2.65. The van der Waals surface area contributed by atoms with Crippen LogP contribution < -0.4 is 0 Å². The maximum Gasteiger partial charge on any atom is 0.282 e. The van der Waals surface area contributed by atoms with Crippen molar-refractivity contribution in [3.05, 3.63) is 38.3 Å². The lowest BCUT2D eigenvalue weighted by atomic mass is 10.1. The van der Waals surface area contributed by atoms with Gasteiger partial charge < -0.3 is 0 Å². The Kier molecular flexibility index (Phi) is 2.84. The van der Waals surface area contributed by atoms with Crippen LogP contribution in [0.4, 0.5) is 5.69 Å². The van der Waals surface area contributed by atoms with Gasteiger partial charge in [-0.3, -0.25) is 10.1 Å². The molecule has 1 heterocycles. The van der Waals surface area contributed by atoms with E-state index in [1.54, 1.807) is 25.1 Å². The molecule has 1 aromatic carbocycles. The van der Waals surface area contributed by atoms with E-state index in [-0.39, 0.29) is 10.2 Å². The highest BCUT2D eigenvalue weighted by Gasteiger charge is 2.20. The predicted molar refractivity (Wildman–Crippen MR) is 61.7 cm³/mol. The van der Waals surface area contributed by atoms with E-state index in [0.29, 0.717) is 16.1 Å². The molecule has 0 unspecified atom stereocenters. The molecule has 7 heteroatoms. The third kappa shape index (κ3) is 1.89. The van der Waals surface area contributed by atoms with Gasteiger partial charge in [0.15, 0.2) is 5.01 Å². The summed E-state index contributed by atoms with van der Waals surface area (Å²) in [5.74, 6) is 0. The summed E-state index contributed by atoms with van der Waals surface area (Å²) >= 11 is 6.78. The molecule has 0 radical (unpaired) electrons. The van der Waals surface area contributed by atoms with Crippen molar-refractivity contribution in [1.82, 2.24) is 10.2 Å². The van der Waals surface area contributed by atoms with Crippen LogP contribution in [0.3, 0.4) is 0 Å². The van der Waals surface area contributed by atoms with Crippen molar-refractivity contribution in [3.63, 3.8) is 0 Å². The molecule has 2 rings (SSSR count). The SMILES string of the molecule is Cc1cccc(-c2nnc(Cl)s2)c1[N+](=O)[O-]. The number of halogens is 1. The van der Waals surface area contributed by atoms with Gasteiger partial charge in [0.2, 0.25) is 4.47 Å². The standard InChI is InChI=1S/C9H6ClN3O2S/c1-5-3-2-4-6(7(5)13(14)15)8-11-12-9(10)16-8/h2-4H,1H3. The Morgan fingerprint density at radius 2 is 2.19 bits per heavy atom. The number of para-hydroxylation sites is 1. The van der Waals surface area contributed by atoms with E-state index in [1.165, 1.54) is 0 Å². The molecule has 0 saturated heterocycles. The molecular weight excluding hydrogens is 250 g/mol. The summed E-state index contributed by atoms with van der Waals surface area (Å²) in [4.78, 5) is 10.5. The number of benzene rings is 1. The molecule has 0 atom stereocenters. The molecule has 0 fully saturated rings. The molecule has 82 valence electrons. The van der Waals surface area contributed by atoms with E-state index in [4.69, 9.17) is 11.6 Å². The van der Waals surface area contributed by atoms with E-state index in [1.807, 2.05) is 0 Å². The Hall–Kier alpha value is -1.53. The molecule has 1 aromatic heterocycles. The van der Waals surface area contributed by atoms with Crippen LogP contribution in [0.5, 0.6) is 0 Å². The number of nitro groups is 1. The zero-order valence-electron chi connectivity index (χ0n) is 8.18. The molecule has 0 bridgehead atoms. The van der Waals surface area contributed by atoms with Crippen molar-refractivity contribution in [2.24, 2.45) is 0 Å². The minimum Gasteiger partial charge on any atom is -0.258 e. The largest absolute Gasteiger partial charge is 0.282 e. The van der Waals surface area contributed by atoms with Crippen molar-refractivity contribution >= 4 is 28.6 Å². The monoisotopic (exact) mass is 255 g/mol. The molecule has 0 N–H and O–H groups in total. The zero-order valence-corrected chi connectivity index (χ0v) is 9.75. The summed E-state index contributed by atoms with van der Waals surface area (Å²) in [6.07, 6.45) is 0. The molecule has 0 aliphatic carbocycles. The van der Waals surface area contributed by atoms with Crippen LogP contribution in [0, 0.1) is 17.0 Å². The quantitative estimate of drug-likeness (QED) is 0.611. The van der Waals surface area contributed by atoms with Crippen molar-refractivity contribution in [1.29, 1.82) is 0 Å². The first-order chi connectivity index (χ1) is 7.59. The lowest BCUT2D eigenvalue weighted by Gasteiger charge is -2.01. The van der Waals surface area contributed by atoms with Crippen molar-refractivity contribution in [3.8, 4) is 10.6 Å². The number of nitrogens with zero attached hydrogens (tertiary/aromatic N) is 3. The zero-order chi connectivity index (χ0) is 11.7. The summed E-state index contributed by atoms with van der Waals surface area (Å²) in [5, 5.41) is 18.8. The Morgan fingerprint density at radius 3 is 2.75 bits per heavy atom. The highest BCUT2D eigenvalue weighted by molar-refractivity contribution is 7.18. The van der Waals surface area contributed by atoms with E-state index in [2.05, 4.69) is 10.2 Å². The van der Waals surface area contributed by atoms with Crippen molar-refractivity contribution in [2.45, 2.75) is 6.92 Å². The van der Waals surface area contributed by atoms with E-state index < -0.39 is 4.92 Å². The highest BCUT2D eigenvalue weighted by Crippen LogP contribution is 2.34. The van der Waals surface area contributed by atoms with Crippen LogP contribution in [-0.4, -0.2) is 15.1 Å². The molecule has 0 amide bonds. The van der Waals surface area contributed by atoms with Gasteiger partial charge in [-0.25, -0.2) is 0 Å². The van der Waals surface area contributed by atoms with Crippen LogP contribution in [0.1, 0.15) is 5.56 Å². The number of aromatic nitrogens is 2. The Morgan fingerprint density at radius 1 is 1.44 bits per heavy atom. The molecule has 0 aliphatic rings. The molecule has 2 aromatic rings. The first kappa shape index (κ1) is 11.0. The van der Waals surface area contributed by atoms with E-state index in [9.17, 15) is 10.1 Å². The van der Waals surface area contributed by atoms with Gasteiger partial charge in [-0.15, -0.1) is 10.2 Å². The average Bonchev–Trinajstić information content (AvgIpc) is 2.63. The van der Waals surface area contributed by atoms with Gasteiger partial charge in [-0.1, -0.05) is 23.5 Å². The second-order valence-electron chi connectivity index (χ2n) is 3.09. The molecule has 0 saturated carbocycles. The summed E-state index contributed by atoms with van der Waals surface area (Å²) in [7, 11) is 0. The molecule has 5 nitrogen and oxygen atoms in total. The topological polar surface area (TPSA) is 68.9 Å². The van der Waals surface area contributed by atoms with Gasteiger partial charge in [0.25, 0.3) is 5.69 Å². The highest BCUT2D eigenvalue weighted by atomic mass is 35.5. The Labute approximate surface area is 99.9 Å². The third-order valence-corrected chi connectivity index (χ3v) is 3.10. The lowest BCUT2D eigenvalue weighted by molar-refractivity contribution is -0.384. The molecule has 0 spiro atoms. The van der Waals surface area contributed by atoms with Gasteiger partial charge in [0, 0.05) is 5.56 Å². The molecular formula is C9H6ClN3O2S. The second kappa shape index (κ2) is 4.15. The van der Waals surface area contributed by atoms with Gasteiger partial charge in [0.1, 0.15) is 0 Å². The summed E-state index contributed by atoms with van der Waals surface area (Å²) < 4.78 is 0.269. The molecule has 0 aliphatic heterocycles. The fourth-order valence-corrected chi connectivity index (χ4v) is 2.24. The number of hydrogen-bond donors (Lipinski definition) is 0. The maximum absolute atomic E-state index is 11.0. The van der Waals surface area contributed by atoms with Crippen LogP contribution in [-0.2, 0) is 0 Å². The Bertz CT molecular complexity index is 555. The average molecular weight is 256 g/mol. The fraction of sp³-hybridized carbons (Fsp3) is 0.111. The lowest BCUT2D eigenvalue weighted by Crippen LogP contribution is -1.94. The van der Waals surface area contributed by atoms with Gasteiger partial charge in [-0.05, 0) is 24.6 Å². The number of aryl methyl sites for hydroxylation is 1. The third-order valence-electron chi connectivity index (χ3n) is 2.05. The fourth-order valence-electron chi connectivity index (χ4n) is 1.39. The predicted octanol–water partition coefficient (Wildman–Crippen LogP) is 3.08. The van der Waals surface area contributed by atoms with Gasteiger partial charge in [-0.2, -0.15) is 0 Å². The number of hydrogen-bond acceptors (Lipinski definition) is 5.